The molecule has 1 aliphatic rings. The first-order valence-corrected chi connectivity index (χ1v) is 7.07. The monoisotopic (exact) mass is 296 g/mol. The van der Waals surface area contributed by atoms with E-state index < -0.39 is 0 Å². The summed E-state index contributed by atoms with van der Waals surface area (Å²) in [6, 6.07) is 5.30. The normalized spacial score (nSPS) is 18.1. The summed E-state index contributed by atoms with van der Waals surface area (Å²) in [5.74, 6) is 1.20. The number of benzene rings is 1. The Morgan fingerprint density at radius 3 is 3.11 bits per heavy atom. The van der Waals surface area contributed by atoms with E-state index in [0.717, 1.165) is 19.3 Å². The van der Waals surface area contributed by atoms with Crippen molar-refractivity contribution in [2.75, 3.05) is 6.61 Å². The first-order valence-electron chi connectivity index (χ1n) is 6.31. The lowest BCUT2D eigenvalue weighted by Crippen LogP contribution is -2.20. The van der Waals surface area contributed by atoms with Gasteiger partial charge in [-0.3, -0.25) is 0 Å². The molecule has 1 aromatic carbocycles. The first kappa shape index (κ1) is 12.8. The molecule has 0 saturated heterocycles. The van der Waals surface area contributed by atoms with Crippen molar-refractivity contribution in [3.63, 3.8) is 0 Å². The number of hydrogen-bond donors (Lipinski definition) is 1. The number of rotatable bonds is 3. The van der Waals surface area contributed by atoms with Gasteiger partial charge in [-0.1, -0.05) is 23.2 Å². The van der Waals surface area contributed by atoms with Crippen molar-refractivity contribution >= 4 is 23.2 Å². The minimum atomic E-state index is 0.500. The summed E-state index contributed by atoms with van der Waals surface area (Å²) in [5, 5.41) is 1.18. The predicted octanol–water partition coefficient (Wildman–Crippen LogP) is 3.90. The van der Waals surface area contributed by atoms with Crippen LogP contribution in [0.25, 0.3) is 0 Å². The van der Waals surface area contributed by atoms with Crippen LogP contribution in [0.3, 0.4) is 0 Å². The van der Waals surface area contributed by atoms with Gasteiger partial charge in [0.15, 0.2) is 0 Å². The largest absolute Gasteiger partial charge is 0.492 e. The van der Waals surface area contributed by atoms with E-state index in [2.05, 4.69) is 9.97 Å². The molecule has 3 nitrogen and oxygen atoms in total. The zero-order valence-electron chi connectivity index (χ0n) is 10.3. The molecule has 0 spiro atoms. The smallest absolute Gasteiger partial charge is 0.137 e. The van der Waals surface area contributed by atoms with Gasteiger partial charge in [-0.05, 0) is 43.4 Å². The van der Waals surface area contributed by atoms with Crippen LogP contribution < -0.4 is 4.74 Å². The Morgan fingerprint density at radius 1 is 1.37 bits per heavy atom. The Morgan fingerprint density at radius 2 is 2.26 bits per heavy atom. The third-order valence-electron chi connectivity index (χ3n) is 3.46. The second-order valence-corrected chi connectivity index (χ2v) is 5.67. The van der Waals surface area contributed by atoms with Crippen LogP contribution in [-0.2, 0) is 12.8 Å². The second kappa shape index (κ2) is 5.43. The van der Waals surface area contributed by atoms with Crippen molar-refractivity contribution in [3.05, 3.63) is 46.0 Å². The third kappa shape index (κ3) is 2.88. The minimum absolute atomic E-state index is 0.500. The lowest BCUT2D eigenvalue weighted by Gasteiger charge is -2.21. The Labute approximate surface area is 121 Å². The molecule has 2 aromatic rings. The quantitative estimate of drug-likeness (QED) is 0.933. The summed E-state index contributed by atoms with van der Waals surface area (Å²) < 4.78 is 5.80. The van der Waals surface area contributed by atoms with Crippen LogP contribution >= 0.6 is 23.2 Å². The van der Waals surface area contributed by atoms with E-state index in [0.29, 0.717) is 28.3 Å². The number of halogens is 2. The highest BCUT2D eigenvalue weighted by molar-refractivity contribution is 6.35. The molecule has 0 fully saturated rings. The number of aromatic nitrogens is 2. The lowest BCUT2D eigenvalue weighted by molar-refractivity contribution is 0.233. The van der Waals surface area contributed by atoms with Crippen molar-refractivity contribution in [3.8, 4) is 5.75 Å². The number of H-pyrrole nitrogens is 1. The van der Waals surface area contributed by atoms with Crippen LogP contribution in [0.15, 0.2) is 24.5 Å². The fraction of sp³-hybridized carbons (Fsp3) is 0.357. The van der Waals surface area contributed by atoms with Crippen LogP contribution in [0.4, 0.5) is 0 Å². The molecule has 0 saturated carbocycles. The zero-order chi connectivity index (χ0) is 13.2. The van der Waals surface area contributed by atoms with Gasteiger partial charge < -0.3 is 9.72 Å². The maximum Gasteiger partial charge on any atom is 0.137 e. The summed E-state index contributed by atoms with van der Waals surface area (Å²) in [7, 11) is 0. The van der Waals surface area contributed by atoms with Gasteiger partial charge in [0.25, 0.3) is 0 Å². The molecule has 0 amide bonds. The summed E-state index contributed by atoms with van der Waals surface area (Å²) >= 11 is 11.9. The highest BCUT2D eigenvalue weighted by atomic mass is 35.5. The number of aryl methyl sites for hydroxylation is 1. The lowest BCUT2D eigenvalue weighted by atomic mass is 9.90. The zero-order valence-corrected chi connectivity index (χ0v) is 11.8. The second-order valence-electron chi connectivity index (χ2n) is 4.82. The van der Waals surface area contributed by atoms with Crippen molar-refractivity contribution in [2.45, 2.75) is 19.3 Å². The number of fused-ring (bicyclic) bond motifs is 1. The highest BCUT2D eigenvalue weighted by Crippen LogP contribution is 2.29. The van der Waals surface area contributed by atoms with Gasteiger partial charge >= 0.3 is 0 Å². The van der Waals surface area contributed by atoms with E-state index in [4.69, 9.17) is 27.9 Å². The molecule has 19 heavy (non-hydrogen) atoms. The van der Waals surface area contributed by atoms with E-state index in [9.17, 15) is 0 Å². The fourth-order valence-electron chi connectivity index (χ4n) is 2.42. The van der Waals surface area contributed by atoms with Crippen LogP contribution in [-0.4, -0.2) is 16.6 Å². The summed E-state index contributed by atoms with van der Waals surface area (Å²) in [4.78, 5) is 7.50. The van der Waals surface area contributed by atoms with E-state index in [1.54, 1.807) is 18.5 Å². The molecule has 0 aliphatic heterocycles. The average molecular weight is 297 g/mol. The summed E-state index contributed by atoms with van der Waals surface area (Å²) in [6.45, 7) is 0.666. The molecular weight excluding hydrogens is 283 g/mol. The molecule has 5 heteroatoms. The molecule has 3 rings (SSSR count). The fourth-order valence-corrected chi connectivity index (χ4v) is 2.88. The van der Waals surface area contributed by atoms with E-state index in [1.165, 1.54) is 11.4 Å². The van der Waals surface area contributed by atoms with Gasteiger partial charge in [-0.15, -0.1) is 0 Å². The van der Waals surface area contributed by atoms with Gasteiger partial charge in [0.2, 0.25) is 0 Å². The van der Waals surface area contributed by atoms with Crippen LogP contribution in [0.2, 0.25) is 10.0 Å². The number of aromatic amines is 1. The van der Waals surface area contributed by atoms with Gasteiger partial charge in [-0.25, -0.2) is 4.98 Å². The van der Waals surface area contributed by atoms with Crippen molar-refractivity contribution in [1.29, 1.82) is 0 Å². The van der Waals surface area contributed by atoms with Crippen LogP contribution in [0, 0.1) is 5.92 Å². The topological polar surface area (TPSA) is 37.9 Å². The van der Waals surface area contributed by atoms with Gasteiger partial charge in [-0.2, -0.15) is 0 Å². The maximum atomic E-state index is 6.09. The highest BCUT2D eigenvalue weighted by Gasteiger charge is 2.21. The maximum absolute atomic E-state index is 6.09. The number of hydrogen-bond acceptors (Lipinski definition) is 2. The van der Waals surface area contributed by atoms with Crippen molar-refractivity contribution < 1.29 is 4.74 Å². The molecule has 0 bridgehead atoms. The predicted molar refractivity (Wildman–Crippen MR) is 76.1 cm³/mol. The van der Waals surface area contributed by atoms with E-state index in [1.807, 2.05) is 6.07 Å². The first-order chi connectivity index (χ1) is 9.22. The molecular formula is C14H14Cl2N2O. The number of nitrogens with zero attached hydrogens (tertiary/aromatic N) is 1. The number of ether oxygens (including phenoxy) is 1. The van der Waals surface area contributed by atoms with Gasteiger partial charge in [0, 0.05) is 10.7 Å². The summed E-state index contributed by atoms with van der Waals surface area (Å²) in [5.41, 5.74) is 2.43. The van der Waals surface area contributed by atoms with Crippen LogP contribution in [0.1, 0.15) is 17.8 Å². The Hall–Kier alpha value is -1.19. The molecule has 1 atom stereocenters. The number of nitrogens with one attached hydrogen (secondary N) is 1. The average Bonchev–Trinajstić information content (AvgIpc) is 2.85. The Kier molecular flexibility index (Phi) is 3.67. The molecule has 100 valence electrons. The standard InChI is InChI=1S/C14H14Cl2N2O/c15-10-2-4-14(11(16)6-10)19-7-9-1-3-12-13(5-9)18-8-17-12/h2,4,6,8-9H,1,3,5,7H2,(H,17,18). The van der Waals surface area contributed by atoms with E-state index >= 15 is 0 Å². The Bertz CT molecular complexity index is 583. The van der Waals surface area contributed by atoms with E-state index in [-0.39, 0.29) is 0 Å². The van der Waals surface area contributed by atoms with Gasteiger partial charge in [0.1, 0.15) is 5.75 Å². The molecule has 1 aromatic heterocycles. The number of imidazole rings is 1. The molecule has 0 radical (unpaired) electrons. The SMILES string of the molecule is Clc1ccc(OCC2CCc3nc[nH]c3C2)c(Cl)c1. The third-order valence-corrected chi connectivity index (χ3v) is 3.99. The summed E-state index contributed by atoms with van der Waals surface area (Å²) in [6.07, 6.45) is 4.87. The molecule has 1 heterocycles. The molecule has 1 aliphatic carbocycles. The molecule has 1 unspecified atom stereocenters. The van der Waals surface area contributed by atoms with Crippen molar-refractivity contribution in [2.24, 2.45) is 5.92 Å². The molecule has 1 N–H and O–H groups in total. The van der Waals surface area contributed by atoms with Gasteiger partial charge in [0.05, 0.1) is 23.7 Å². The van der Waals surface area contributed by atoms with Crippen molar-refractivity contribution in [1.82, 2.24) is 9.97 Å². The minimum Gasteiger partial charge on any atom is -0.492 e. The van der Waals surface area contributed by atoms with Crippen LogP contribution in [0.5, 0.6) is 5.75 Å². The Balaban J connectivity index is 1.61.